The van der Waals surface area contributed by atoms with Gasteiger partial charge in [-0.25, -0.2) is 4.98 Å². The number of rotatable bonds is 13. The van der Waals surface area contributed by atoms with Crippen LogP contribution in [0.4, 0.5) is 0 Å². The van der Waals surface area contributed by atoms with Crippen molar-refractivity contribution in [1.29, 1.82) is 0 Å². The number of ketones is 1. The lowest BCUT2D eigenvalue weighted by atomic mass is 9.99. The van der Waals surface area contributed by atoms with Crippen molar-refractivity contribution in [1.82, 2.24) is 15.2 Å². The Balaban J connectivity index is 0.000000386. The lowest BCUT2D eigenvalue weighted by Gasteiger charge is -2.20. The van der Waals surface area contributed by atoms with Crippen molar-refractivity contribution < 1.29 is 24.2 Å². The third-order valence-electron chi connectivity index (χ3n) is 6.77. The normalized spacial score (nSPS) is 16.0. The van der Waals surface area contributed by atoms with Gasteiger partial charge in [0.15, 0.2) is 0 Å². The highest BCUT2D eigenvalue weighted by Crippen LogP contribution is 2.29. The summed E-state index contributed by atoms with van der Waals surface area (Å²) in [6.45, 7) is 15.6. The Morgan fingerprint density at radius 1 is 1.16 bits per heavy atom. The number of aromatic nitrogens is 1. The van der Waals surface area contributed by atoms with E-state index in [0.717, 1.165) is 40.5 Å². The van der Waals surface area contributed by atoms with E-state index in [9.17, 15) is 19.5 Å². The van der Waals surface area contributed by atoms with E-state index >= 15 is 0 Å². The third-order valence-corrected chi connectivity index (χ3v) is 7.75. The second-order valence-electron chi connectivity index (χ2n) is 11.6. The summed E-state index contributed by atoms with van der Waals surface area (Å²) in [4.78, 5) is 41.5. The number of Topliss-reactive ketones (excluding diaryl/α,β-unsaturated/α-hetero) is 1. The van der Waals surface area contributed by atoms with E-state index in [1.807, 2.05) is 43.6 Å². The van der Waals surface area contributed by atoms with Crippen molar-refractivity contribution in [2.75, 3.05) is 20.2 Å². The number of β-amino-alcohol motifs (C(OH)–C–C–N with tert-alkyl or cyclic N) is 1. The fourth-order valence-corrected chi connectivity index (χ4v) is 5.31. The molecule has 2 amide bonds. The third kappa shape index (κ3) is 14.9. The number of thiazole rings is 1. The summed E-state index contributed by atoms with van der Waals surface area (Å²) in [7, 11) is 1.65. The Morgan fingerprint density at radius 3 is 2.28 bits per heavy atom. The fourth-order valence-electron chi connectivity index (χ4n) is 4.49. The molecule has 1 aliphatic heterocycles. The van der Waals surface area contributed by atoms with Crippen molar-refractivity contribution in [2.45, 2.75) is 105 Å². The highest BCUT2D eigenvalue weighted by atomic mass is 32.1. The van der Waals surface area contributed by atoms with Crippen molar-refractivity contribution >= 4 is 29.4 Å². The zero-order valence-electron chi connectivity index (χ0n) is 27.4. The molecule has 0 aliphatic carbocycles. The van der Waals surface area contributed by atoms with Gasteiger partial charge in [-0.1, -0.05) is 70.5 Å². The summed E-state index contributed by atoms with van der Waals surface area (Å²) in [5, 5.41) is 12.1. The topological polar surface area (TPSA) is 109 Å². The number of carbonyl (C=O) groups excluding carboxylic acids is 3. The minimum absolute atomic E-state index is 0.0574. The predicted molar refractivity (Wildman–Crippen MR) is 176 cm³/mol. The molecule has 8 nitrogen and oxygen atoms in total. The summed E-state index contributed by atoms with van der Waals surface area (Å²) in [6.07, 6.45) is 6.11. The number of methoxy groups -OCH3 is 1. The molecule has 2 aromatic rings. The highest BCUT2D eigenvalue weighted by Gasteiger charge is 2.26. The molecule has 3 unspecified atom stereocenters. The van der Waals surface area contributed by atoms with Crippen LogP contribution in [0, 0.1) is 12.8 Å². The number of likely N-dealkylation sites (tertiary alicyclic amines) is 1. The number of amides is 2. The van der Waals surface area contributed by atoms with Crippen LogP contribution in [0.15, 0.2) is 41.4 Å². The van der Waals surface area contributed by atoms with Gasteiger partial charge in [-0.2, -0.15) is 0 Å². The molecule has 0 bridgehead atoms. The molecular formula is C34H53N3O5S. The van der Waals surface area contributed by atoms with Crippen molar-refractivity contribution in [3.8, 4) is 10.4 Å². The molecule has 0 saturated carbocycles. The number of nitrogens with zero attached hydrogens (tertiary/aromatic N) is 2. The lowest BCUT2D eigenvalue weighted by Crippen LogP contribution is -2.32. The van der Waals surface area contributed by atoms with E-state index in [1.165, 1.54) is 5.57 Å². The van der Waals surface area contributed by atoms with Crippen LogP contribution in [0.3, 0.4) is 0 Å². The SMILES string of the molecule is CC(C)C.CC/C=C(\C)CC(CC(=O)N1CCC(O)C1)OC.CCC(=O)CC(NC=O)c1ccc(-c2scnc2C)cc1. The van der Waals surface area contributed by atoms with Crippen LogP contribution in [0.25, 0.3) is 10.4 Å². The summed E-state index contributed by atoms with van der Waals surface area (Å²) in [5.74, 6) is 1.06. The summed E-state index contributed by atoms with van der Waals surface area (Å²) in [6, 6.07) is 7.67. The maximum absolute atomic E-state index is 12.0. The summed E-state index contributed by atoms with van der Waals surface area (Å²) < 4.78 is 5.37. The van der Waals surface area contributed by atoms with E-state index in [0.29, 0.717) is 45.2 Å². The zero-order valence-corrected chi connectivity index (χ0v) is 28.2. The number of benzene rings is 1. The average Bonchev–Trinajstić information content (AvgIpc) is 3.60. The first-order chi connectivity index (χ1) is 20.4. The number of hydrogen-bond donors (Lipinski definition) is 2. The van der Waals surface area contributed by atoms with Gasteiger partial charge in [0.05, 0.1) is 40.8 Å². The van der Waals surface area contributed by atoms with Crippen LogP contribution in [0.5, 0.6) is 0 Å². The molecule has 1 aromatic carbocycles. The highest BCUT2D eigenvalue weighted by molar-refractivity contribution is 7.13. The van der Waals surface area contributed by atoms with Gasteiger partial charge >= 0.3 is 0 Å². The molecular weight excluding hydrogens is 562 g/mol. The van der Waals surface area contributed by atoms with Gasteiger partial charge < -0.3 is 20.1 Å². The van der Waals surface area contributed by atoms with Gasteiger partial charge in [-0.3, -0.25) is 14.4 Å². The van der Waals surface area contributed by atoms with Crippen LogP contribution in [0.2, 0.25) is 0 Å². The quantitative estimate of drug-likeness (QED) is 0.193. The van der Waals surface area contributed by atoms with Crippen LogP contribution < -0.4 is 5.32 Å². The van der Waals surface area contributed by atoms with E-state index in [4.69, 9.17) is 4.74 Å². The fraction of sp³-hybridized carbons (Fsp3) is 0.588. The standard InChI is InChI=1S/C16H18N2O2S.C14H25NO3.C4H10/c1-3-14(20)8-15(17-9-19)12-4-6-13(7-5-12)16-11(2)18-10-21-16;1-4-5-11(2)8-13(18-3)9-14(17)15-7-6-12(16)10-15;1-4(2)3/h4-7,9-10,15H,3,8H2,1-2H3,(H,17,19);5,12-13,16H,4,6-10H2,1-3H3;4H,1-3H3/b;11-5+;. The molecule has 1 fully saturated rings. The molecule has 2 heterocycles. The number of aliphatic hydroxyl groups excluding tert-OH is 1. The monoisotopic (exact) mass is 615 g/mol. The smallest absolute Gasteiger partial charge is 0.225 e. The maximum atomic E-state index is 12.0. The van der Waals surface area contributed by atoms with Crippen LogP contribution in [-0.4, -0.2) is 65.5 Å². The van der Waals surface area contributed by atoms with Gasteiger partial charge in [0.1, 0.15) is 5.78 Å². The second-order valence-corrected chi connectivity index (χ2v) is 12.4. The number of allylic oxidation sites excluding steroid dienone is 1. The Bertz CT molecular complexity index is 1130. The molecule has 1 saturated heterocycles. The molecule has 240 valence electrons. The van der Waals surface area contributed by atoms with Crippen molar-refractivity contribution in [3.63, 3.8) is 0 Å². The molecule has 43 heavy (non-hydrogen) atoms. The van der Waals surface area contributed by atoms with Crippen LogP contribution >= 0.6 is 11.3 Å². The molecule has 1 aliphatic rings. The number of hydrogen-bond acceptors (Lipinski definition) is 7. The van der Waals surface area contributed by atoms with Crippen molar-refractivity contribution in [3.05, 3.63) is 52.7 Å². The van der Waals surface area contributed by atoms with Gasteiger partial charge in [-0.15, -0.1) is 11.3 Å². The number of carbonyl (C=O) groups is 3. The first-order valence-corrected chi connectivity index (χ1v) is 16.2. The lowest BCUT2D eigenvalue weighted by molar-refractivity contribution is -0.133. The van der Waals surface area contributed by atoms with Gasteiger partial charge in [-0.05, 0) is 50.2 Å². The first kappa shape index (κ1) is 38.1. The second kappa shape index (κ2) is 20.9. The maximum Gasteiger partial charge on any atom is 0.225 e. The number of nitrogens with one attached hydrogen (secondary N) is 1. The molecule has 0 spiro atoms. The average molecular weight is 616 g/mol. The molecule has 3 atom stereocenters. The Labute approximate surface area is 262 Å². The molecule has 3 rings (SSSR count). The van der Waals surface area contributed by atoms with Crippen LogP contribution in [-0.2, 0) is 19.1 Å². The van der Waals surface area contributed by atoms with E-state index in [1.54, 1.807) is 23.3 Å². The molecule has 1 aromatic heterocycles. The Morgan fingerprint density at radius 2 is 1.81 bits per heavy atom. The number of aryl methyl sites for hydroxylation is 1. The van der Waals surface area contributed by atoms with Gasteiger partial charge in [0, 0.05) is 33.0 Å². The molecule has 9 heteroatoms. The van der Waals surface area contributed by atoms with Gasteiger partial charge in [0.2, 0.25) is 12.3 Å². The van der Waals surface area contributed by atoms with E-state index in [-0.39, 0.29) is 29.9 Å². The van der Waals surface area contributed by atoms with E-state index < -0.39 is 0 Å². The predicted octanol–water partition coefficient (Wildman–Crippen LogP) is 6.67. The molecule has 2 N–H and O–H groups in total. The Kier molecular flexibility index (Phi) is 18.6. The molecule has 0 radical (unpaired) electrons. The number of ether oxygens (including phenoxy) is 1. The van der Waals surface area contributed by atoms with E-state index in [2.05, 4.69) is 51.0 Å². The summed E-state index contributed by atoms with van der Waals surface area (Å²) >= 11 is 1.60. The number of aliphatic hydroxyl groups is 1. The minimum Gasteiger partial charge on any atom is -0.391 e. The largest absolute Gasteiger partial charge is 0.391 e. The van der Waals surface area contributed by atoms with Crippen LogP contribution in [0.1, 0.15) is 97.4 Å². The first-order valence-electron chi connectivity index (χ1n) is 15.3. The van der Waals surface area contributed by atoms with Crippen molar-refractivity contribution in [2.24, 2.45) is 5.92 Å². The summed E-state index contributed by atoms with van der Waals surface area (Å²) in [5.41, 5.74) is 6.14. The minimum atomic E-state index is -0.350. The van der Waals surface area contributed by atoms with Gasteiger partial charge in [0.25, 0.3) is 0 Å². The zero-order chi connectivity index (χ0) is 32.4. The Hall–Kier alpha value is -2.88.